The van der Waals surface area contributed by atoms with Crippen LogP contribution in [0.1, 0.15) is 22.3 Å². The van der Waals surface area contributed by atoms with E-state index < -0.39 is 27.8 Å². The lowest BCUT2D eigenvalue weighted by atomic mass is 10.0. The molecule has 1 aliphatic heterocycles. The number of carbonyl (C=O) groups is 2. The minimum Gasteiger partial charge on any atom is -0.465 e. The van der Waals surface area contributed by atoms with Gasteiger partial charge in [0.25, 0.3) is 5.91 Å². The molecule has 8 nitrogen and oxygen atoms in total. The maximum absolute atomic E-state index is 13.3. The number of benzene rings is 2. The monoisotopic (exact) mass is 444 g/mol. The minimum absolute atomic E-state index is 0.0135. The first-order valence-corrected chi connectivity index (χ1v) is 11.2. The molecule has 1 heterocycles. The third kappa shape index (κ3) is 5.07. The van der Waals surface area contributed by atoms with Gasteiger partial charge in [0, 0.05) is 19.7 Å². The average molecular weight is 445 g/mol. The zero-order chi connectivity index (χ0) is 22.6. The first kappa shape index (κ1) is 22.8. The summed E-state index contributed by atoms with van der Waals surface area (Å²) in [5.41, 5.74) is 1.10. The van der Waals surface area contributed by atoms with Crippen LogP contribution in [0.5, 0.6) is 0 Å². The predicted molar refractivity (Wildman–Crippen MR) is 113 cm³/mol. The lowest BCUT2D eigenvalue weighted by molar-refractivity contribution is -0.120. The second kappa shape index (κ2) is 9.51. The number of sulfonamides is 1. The highest BCUT2D eigenvalue weighted by molar-refractivity contribution is 7.89. The van der Waals surface area contributed by atoms with Gasteiger partial charge in [-0.1, -0.05) is 29.8 Å². The number of carbonyl (C=O) groups excluding carboxylic acids is 2. The first-order chi connectivity index (χ1) is 14.8. The normalized spacial score (nSPS) is 15.7. The van der Waals surface area contributed by atoms with Gasteiger partial charge in [0.15, 0.2) is 0 Å². The van der Waals surface area contributed by atoms with E-state index in [4.69, 9.17) is 0 Å². The van der Waals surface area contributed by atoms with Gasteiger partial charge in [0.2, 0.25) is 10.0 Å². The molecule has 0 bridgehead atoms. The second-order valence-corrected chi connectivity index (χ2v) is 9.18. The van der Waals surface area contributed by atoms with E-state index in [1.165, 1.54) is 31.4 Å². The van der Waals surface area contributed by atoms with E-state index in [1.807, 2.05) is 19.1 Å². The maximum Gasteiger partial charge on any atom is 0.337 e. The topological polar surface area (TPSA) is 113 Å². The molecule has 0 spiro atoms. The van der Waals surface area contributed by atoms with Gasteiger partial charge in [-0.2, -0.15) is 4.31 Å². The van der Waals surface area contributed by atoms with Crippen molar-refractivity contribution in [2.75, 3.05) is 26.8 Å². The number of rotatable bonds is 8. The molecule has 0 aromatic heterocycles. The van der Waals surface area contributed by atoms with Gasteiger partial charge in [-0.15, -0.1) is 0 Å². The van der Waals surface area contributed by atoms with Gasteiger partial charge in [-0.05, 0) is 42.8 Å². The number of aliphatic hydroxyl groups is 1. The number of hydrogen-bond donors (Lipinski definition) is 1. The summed E-state index contributed by atoms with van der Waals surface area (Å²) in [6.07, 6.45) is 1.92. The van der Waals surface area contributed by atoms with Crippen LogP contribution in [-0.2, 0) is 19.6 Å². The summed E-state index contributed by atoms with van der Waals surface area (Å²) in [6.45, 7) is 1.61. The number of fused-ring (bicyclic) bond motifs is 1. The predicted octanol–water partition coefficient (Wildman–Crippen LogP) is 0.411. The molecule has 1 amide bonds. The minimum atomic E-state index is -4.05. The fourth-order valence-corrected chi connectivity index (χ4v) is 4.91. The largest absolute Gasteiger partial charge is 0.465 e. The van der Waals surface area contributed by atoms with Crippen LogP contribution >= 0.6 is 0 Å². The van der Waals surface area contributed by atoms with Crippen molar-refractivity contribution >= 4 is 28.0 Å². The molecule has 164 valence electrons. The number of aryl methyl sites for hydroxylation is 1. The van der Waals surface area contributed by atoms with Crippen molar-refractivity contribution in [3.63, 3.8) is 0 Å². The first-order valence-electron chi connectivity index (χ1n) is 9.76. The highest BCUT2D eigenvalue weighted by Gasteiger charge is 2.30. The van der Waals surface area contributed by atoms with Crippen LogP contribution in [0.4, 0.5) is 0 Å². The zero-order valence-electron chi connectivity index (χ0n) is 17.3. The van der Waals surface area contributed by atoms with Gasteiger partial charge >= 0.3 is 5.97 Å². The third-order valence-corrected chi connectivity index (χ3v) is 6.83. The molecule has 1 unspecified atom stereocenters. The van der Waals surface area contributed by atoms with Crippen LogP contribution < -0.4 is 10.6 Å². The Morgan fingerprint density at radius 3 is 2.71 bits per heavy atom. The van der Waals surface area contributed by atoms with Crippen molar-refractivity contribution in [3.05, 3.63) is 64.2 Å². The van der Waals surface area contributed by atoms with Crippen molar-refractivity contribution < 1.29 is 27.9 Å². The van der Waals surface area contributed by atoms with E-state index >= 15 is 0 Å². The van der Waals surface area contributed by atoms with Gasteiger partial charge in [-0.3, -0.25) is 4.79 Å². The van der Waals surface area contributed by atoms with Gasteiger partial charge in [-0.25, -0.2) is 18.2 Å². The Morgan fingerprint density at radius 2 is 2.00 bits per heavy atom. The summed E-state index contributed by atoms with van der Waals surface area (Å²) in [6, 6.07) is 11.0. The molecule has 0 aliphatic carbocycles. The van der Waals surface area contributed by atoms with Crippen molar-refractivity contribution in [1.82, 2.24) is 4.31 Å². The van der Waals surface area contributed by atoms with Crippen LogP contribution in [0.15, 0.2) is 52.4 Å². The third-order valence-electron chi connectivity index (χ3n) is 4.97. The van der Waals surface area contributed by atoms with Crippen molar-refractivity contribution in [2.24, 2.45) is 10.9 Å². The smallest absolute Gasteiger partial charge is 0.337 e. The Balaban J connectivity index is 1.97. The Bertz CT molecular complexity index is 1220. The average Bonchev–Trinajstić information content (AvgIpc) is 2.76. The lowest BCUT2D eigenvalue weighted by Crippen LogP contribution is -2.42. The molecule has 0 fully saturated rings. The molecule has 3 rings (SSSR count). The van der Waals surface area contributed by atoms with Crippen LogP contribution in [0.2, 0.25) is 0 Å². The number of aliphatic hydroxyl groups excluding tert-OH is 1. The fourth-order valence-electron chi connectivity index (χ4n) is 3.36. The number of esters is 1. The molecular formula is C22H24N2O6S. The summed E-state index contributed by atoms with van der Waals surface area (Å²) in [5.74, 6) is -1.84. The van der Waals surface area contributed by atoms with Crippen LogP contribution in [-0.4, -0.2) is 56.5 Å². The molecule has 1 atom stereocenters. The quantitative estimate of drug-likeness (QED) is 0.590. The van der Waals surface area contributed by atoms with Gasteiger partial charge in [0.05, 0.1) is 28.8 Å². The Kier molecular flexibility index (Phi) is 6.99. The molecule has 1 aliphatic rings. The molecular weight excluding hydrogens is 420 g/mol. The molecule has 0 saturated carbocycles. The number of nitrogens with zero attached hydrogens (tertiary/aromatic N) is 2. The van der Waals surface area contributed by atoms with E-state index in [0.717, 1.165) is 15.1 Å². The highest BCUT2D eigenvalue weighted by Crippen LogP contribution is 2.20. The summed E-state index contributed by atoms with van der Waals surface area (Å²) in [7, 11) is -2.83. The number of amides is 1. The Hall–Kier alpha value is -2.88. The van der Waals surface area contributed by atoms with Crippen LogP contribution in [0.3, 0.4) is 0 Å². The second-order valence-electron chi connectivity index (χ2n) is 7.25. The molecule has 2 aromatic carbocycles. The molecule has 0 radical (unpaired) electrons. The SMILES string of the molecule is COC(=O)c1cccc(S(=O)(=O)N(CCCO)CC2C=c3cc(C)ccc3=NC2=O)c1. The van der Waals surface area contributed by atoms with E-state index in [9.17, 15) is 23.1 Å². The molecule has 1 N–H and O–H groups in total. The highest BCUT2D eigenvalue weighted by atomic mass is 32.2. The number of hydrogen-bond acceptors (Lipinski definition) is 6. The number of methoxy groups -OCH3 is 1. The molecule has 0 saturated heterocycles. The summed E-state index contributed by atoms with van der Waals surface area (Å²) < 4.78 is 32.4. The van der Waals surface area contributed by atoms with Crippen molar-refractivity contribution in [1.29, 1.82) is 0 Å². The maximum atomic E-state index is 13.3. The van der Waals surface area contributed by atoms with Crippen LogP contribution in [0, 0.1) is 12.8 Å². The summed E-state index contributed by atoms with van der Waals surface area (Å²) in [5, 5.41) is 10.6. The standard InChI is InChI=1S/C22H24N2O6S/c1-15-7-8-20-17(11-15)12-18(21(26)23-20)14-24(9-4-10-25)31(28,29)19-6-3-5-16(13-19)22(27)30-2/h3,5-8,11-13,18,25H,4,9-10,14H2,1-2H3. The van der Waals surface area contributed by atoms with Crippen molar-refractivity contribution in [3.8, 4) is 0 Å². The van der Waals surface area contributed by atoms with Crippen molar-refractivity contribution in [2.45, 2.75) is 18.2 Å². The fraction of sp³-hybridized carbons (Fsp3) is 0.318. The summed E-state index contributed by atoms with van der Waals surface area (Å²) in [4.78, 5) is 28.4. The van der Waals surface area contributed by atoms with Gasteiger partial charge in [0.1, 0.15) is 0 Å². The van der Waals surface area contributed by atoms with E-state index in [2.05, 4.69) is 9.73 Å². The van der Waals surface area contributed by atoms with E-state index in [0.29, 0.717) is 5.36 Å². The molecule has 31 heavy (non-hydrogen) atoms. The van der Waals surface area contributed by atoms with Crippen LogP contribution in [0.25, 0.3) is 6.08 Å². The molecule has 2 aromatic rings. The van der Waals surface area contributed by atoms with E-state index in [-0.39, 0.29) is 36.6 Å². The van der Waals surface area contributed by atoms with E-state index in [1.54, 1.807) is 12.1 Å². The zero-order valence-corrected chi connectivity index (χ0v) is 18.1. The Labute approximate surface area is 180 Å². The lowest BCUT2D eigenvalue weighted by Gasteiger charge is -2.25. The Morgan fingerprint density at radius 1 is 1.23 bits per heavy atom. The van der Waals surface area contributed by atoms with Gasteiger partial charge < -0.3 is 9.84 Å². The summed E-state index contributed by atoms with van der Waals surface area (Å²) >= 11 is 0. The number of ether oxygens (including phenoxy) is 1. The molecule has 9 heteroatoms.